The van der Waals surface area contributed by atoms with Gasteiger partial charge in [0.25, 0.3) is 5.91 Å². The largest absolute Gasteiger partial charge is 0.493 e. The molecular formula is C19H21NO5. The number of nitrogens with one attached hydrogen (secondary N) is 1. The van der Waals surface area contributed by atoms with Gasteiger partial charge in [0.2, 0.25) is 0 Å². The molecule has 2 aromatic rings. The van der Waals surface area contributed by atoms with Crippen molar-refractivity contribution in [2.24, 2.45) is 0 Å². The number of amides is 1. The first-order valence-electron chi connectivity index (χ1n) is 7.95. The number of benzene rings is 2. The second-order valence-corrected chi connectivity index (χ2v) is 5.39. The Hall–Kier alpha value is -3.02. The number of carboxylic acids is 1. The van der Waals surface area contributed by atoms with E-state index in [1.54, 1.807) is 18.2 Å². The normalized spacial score (nSPS) is 10.1. The van der Waals surface area contributed by atoms with E-state index in [2.05, 4.69) is 5.32 Å². The zero-order valence-electron chi connectivity index (χ0n) is 14.0. The van der Waals surface area contributed by atoms with Gasteiger partial charge in [-0.2, -0.15) is 0 Å². The van der Waals surface area contributed by atoms with E-state index in [0.29, 0.717) is 36.6 Å². The van der Waals surface area contributed by atoms with E-state index in [1.165, 1.54) is 7.11 Å². The third-order valence-corrected chi connectivity index (χ3v) is 3.52. The Balaban J connectivity index is 2.00. The van der Waals surface area contributed by atoms with Gasteiger partial charge in [0.15, 0.2) is 11.5 Å². The van der Waals surface area contributed by atoms with Gasteiger partial charge in [0, 0.05) is 18.5 Å². The summed E-state index contributed by atoms with van der Waals surface area (Å²) < 4.78 is 11.1. The van der Waals surface area contributed by atoms with Gasteiger partial charge < -0.3 is 19.9 Å². The number of aliphatic carboxylic acids is 1. The summed E-state index contributed by atoms with van der Waals surface area (Å²) in [5, 5.41) is 11.3. The van der Waals surface area contributed by atoms with E-state index < -0.39 is 5.97 Å². The fourth-order valence-electron chi connectivity index (χ4n) is 2.21. The molecule has 0 spiro atoms. The van der Waals surface area contributed by atoms with Crippen LogP contribution in [0.15, 0.2) is 48.5 Å². The minimum Gasteiger partial charge on any atom is -0.493 e. The molecule has 0 saturated heterocycles. The Morgan fingerprint density at radius 2 is 1.84 bits per heavy atom. The van der Waals surface area contributed by atoms with E-state index in [4.69, 9.17) is 14.6 Å². The lowest BCUT2D eigenvalue weighted by atomic mass is 10.1. The highest BCUT2D eigenvalue weighted by molar-refractivity contribution is 5.94. The minimum atomic E-state index is -0.879. The third kappa shape index (κ3) is 5.84. The lowest BCUT2D eigenvalue weighted by Gasteiger charge is -2.12. The van der Waals surface area contributed by atoms with Crippen LogP contribution in [0.1, 0.15) is 28.8 Å². The van der Waals surface area contributed by atoms with Crippen molar-refractivity contribution < 1.29 is 24.2 Å². The molecule has 0 unspecified atom stereocenters. The fraction of sp³-hybridized carbons (Fsp3) is 0.263. The molecule has 0 saturated carbocycles. The standard InChI is InChI=1S/C19H21NO5/c1-24-16-10-9-15(19(23)20-11-5-8-18(21)22)12-17(16)25-13-14-6-3-2-4-7-14/h2-4,6-7,9-10,12H,5,8,11,13H2,1H3,(H,20,23)(H,21,22). The maximum absolute atomic E-state index is 12.2. The Labute approximate surface area is 146 Å². The van der Waals surface area contributed by atoms with Crippen LogP contribution in [-0.2, 0) is 11.4 Å². The third-order valence-electron chi connectivity index (χ3n) is 3.52. The summed E-state index contributed by atoms with van der Waals surface area (Å²) >= 11 is 0. The first kappa shape index (κ1) is 18.3. The number of methoxy groups -OCH3 is 1. The van der Waals surface area contributed by atoms with Crippen LogP contribution >= 0.6 is 0 Å². The molecule has 0 aliphatic heterocycles. The molecule has 1 amide bonds. The van der Waals surface area contributed by atoms with Crippen LogP contribution in [0.2, 0.25) is 0 Å². The molecule has 0 fully saturated rings. The molecule has 0 bridgehead atoms. The van der Waals surface area contributed by atoms with Gasteiger partial charge in [-0.1, -0.05) is 30.3 Å². The van der Waals surface area contributed by atoms with Gasteiger partial charge in [-0.3, -0.25) is 9.59 Å². The summed E-state index contributed by atoms with van der Waals surface area (Å²) in [4.78, 5) is 22.6. The van der Waals surface area contributed by atoms with Gasteiger partial charge >= 0.3 is 5.97 Å². The van der Waals surface area contributed by atoms with Crippen molar-refractivity contribution in [1.29, 1.82) is 0 Å². The minimum absolute atomic E-state index is 0.0222. The number of hydrogen-bond donors (Lipinski definition) is 2. The Morgan fingerprint density at radius 1 is 1.08 bits per heavy atom. The lowest BCUT2D eigenvalue weighted by molar-refractivity contribution is -0.137. The molecule has 2 aromatic carbocycles. The van der Waals surface area contributed by atoms with Crippen LogP contribution in [0.25, 0.3) is 0 Å². The number of carbonyl (C=O) groups is 2. The average molecular weight is 343 g/mol. The molecule has 0 aliphatic rings. The van der Waals surface area contributed by atoms with Gasteiger partial charge in [-0.05, 0) is 30.2 Å². The highest BCUT2D eigenvalue weighted by atomic mass is 16.5. The second-order valence-electron chi connectivity index (χ2n) is 5.39. The first-order valence-corrected chi connectivity index (χ1v) is 7.95. The molecule has 0 aromatic heterocycles. The Bertz CT molecular complexity index is 715. The molecule has 25 heavy (non-hydrogen) atoms. The molecule has 0 radical (unpaired) electrons. The van der Waals surface area contributed by atoms with Crippen molar-refractivity contribution in [2.75, 3.05) is 13.7 Å². The predicted octanol–water partition coefficient (Wildman–Crippen LogP) is 2.87. The predicted molar refractivity (Wildman–Crippen MR) is 93.0 cm³/mol. The zero-order chi connectivity index (χ0) is 18.1. The van der Waals surface area contributed by atoms with Crippen LogP contribution in [0.4, 0.5) is 0 Å². The quantitative estimate of drug-likeness (QED) is 0.684. The van der Waals surface area contributed by atoms with Gasteiger partial charge in [0.05, 0.1) is 7.11 Å². The van der Waals surface area contributed by atoms with Crippen LogP contribution in [0, 0.1) is 0 Å². The van der Waals surface area contributed by atoms with E-state index in [1.807, 2.05) is 30.3 Å². The molecule has 2 rings (SSSR count). The topological polar surface area (TPSA) is 84.9 Å². The van der Waals surface area contributed by atoms with Crippen molar-refractivity contribution in [2.45, 2.75) is 19.4 Å². The van der Waals surface area contributed by atoms with E-state index >= 15 is 0 Å². The summed E-state index contributed by atoms with van der Waals surface area (Å²) in [6.45, 7) is 0.665. The lowest BCUT2D eigenvalue weighted by Crippen LogP contribution is -2.24. The van der Waals surface area contributed by atoms with Crippen LogP contribution < -0.4 is 14.8 Å². The molecule has 132 valence electrons. The summed E-state index contributed by atoms with van der Waals surface area (Å²) in [5.41, 5.74) is 1.44. The number of hydrogen-bond acceptors (Lipinski definition) is 4. The number of rotatable bonds is 9. The van der Waals surface area contributed by atoms with Crippen molar-refractivity contribution in [3.05, 3.63) is 59.7 Å². The number of carboxylic acid groups (broad SMARTS) is 1. The van der Waals surface area contributed by atoms with Crippen LogP contribution in [0.3, 0.4) is 0 Å². The van der Waals surface area contributed by atoms with Gasteiger partial charge in [0.1, 0.15) is 6.61 Å². The molecule has 6 nitrogen and oxygen atoms in total. The molecule has 0 aliphatic carbocycles. The van der Waals surface area contributed by atoms with Crippen molar-refractivity contribution in [3.63, 3.8) is 0 Å². The SMILES string of the molecule is COc1ccc(C(=O)NCCCC(=O)O)cc1OCc1ccccc1. The maximum atomic E-state index is 12.2. The average Bonchev–Trinajstić information content (AvgIpc) is 2.63. The summed E-state index contributed by atoms with van der Waals surface area (Å²) in [5.74, 6) is -0.143. The van der Waals surface area contributed by atoms with Gasteiger partial charge in [-0.15, -0.1) is 0 Å². The Kier molecular flexibility index (Phi) is 6.83. The smallest absolute Gasteiger partial charge is 0.303 e. The van der Waals surface area contributed by atoms with Gasteiger partial charge in [-0.25, -0.2) is 0 Å². The summed E-state index contributed by atoms with van der Waals surface area (Å²) in [7, 11) is 1.54. The van der Waals surface area contributed by atoms with E-state index in [-0.39, 0.29) is 12.3 Å². The molecule has 6 heteroatoms. The van der Waals surface area contributed by atoms with Crippen molar-refractivity contribution in [3.8, 4) is 11.5 Å². The summed E-state index contributed by atoms with van der Waals surface area (Å²) in [6.07, 6.45) is 0.406. The second kappa shape index (κ2) is 9.32. The summed E-state index contributed by atoms with van der Waals surface area (Å²) in [6, 6.07) is 14.6. The number of carbonyl (C=O) groups excluding carboxylic acids is 1. The van der Waals surface area contributed by atoms with Crippen molar-refractivity contribution in [1.82, 2.24) is 5.32 Å². The van der Waals surface area contributed by atoms with E-state index in [9.17, 15) is 9.59 Å². The Morgan fingerprint density at radius 3 is 2.52 bits per heavy atom. The van der Waals surface area contributed by atoms with Crippen LogP contribution in [-0.4, -0.2) is 30.6 Å². The van der Waals surface area contributed by atoms with E-state index in [0.717, 1.165) is 5.56 Å². The number of ether oxygens (including phenoxy) is 2. The first-order chi connectivity index (χ1) is 12.1. The van der Waals surface area contributed by atoms with Crippen molar-refractivity contribution >= 4 is 11.9 Å². The zero-order valence-corrected chi connectivity index (χ0v) is 14.0. The highest BCUT2D eigenvalue weighted by Crippen LogP contribution is 2.28. The highest BCUT2D eigenvalue weighted by Gasteiger charge is 2.11. The molecule has 0 atom stereocenters. The fourth-order valence-corrected chi connectivity index (χ4v) is 2.21. The molecular weight excluding hydrogens is 322 g/mol. The van der Waals surface area contributed by atoms with Crippen LogP contribution in [0.5, 0.6) is 11.5 Å². The maximum Gasteiger partial charge on any atom is 0.303 e. The molecule has 2 N–H and O–H groups in total. The molecule has 0 heterocycles. The monoisotopic (exact) mass is 343 g/mol.